The Balaban J connectivity index is 0.893. The number of fused-ring (bicyclic) bond motifs is 2. The monoisotopic (exact) mass is 875 g/mol. The molecule has 2 bridgehead atoms. The molecule has 0 spiro atoms. The highest BCUT2D eigenvalue weighted by Crippen LogP contribution is 2.39. The second-order valence-corrected chi connectivity index (χ2v) is 15.8. The van der Waals surface area contributed by atoms with Gasteiger partial charge in [-0.05, 0) is 73.6 Å². The van der Waals surface area contributed by atoms with Crippen molar-refractivity contribution in [1.82, 2.24) is 44.9 Å². The van der Waals surface area contributed by atoms with E-state index in [0.717, 1.165) is 50.0 Å². The lowest BCUT2D eigenvalue weighted by atomic mass is 9.89. The fourth-order valence-corrected chi connectivity index (χ4v) is 8.29. The van der Waals surface area contributed by atoms with Gasteiger partial charge in [0, 0.05) is 43.2 Å². The Bertz CT molecular complexity index is 1940. The fourth-order valence-electron chi connectivity index (χ4n) is 8.29. The number of ether oxygens (including phenoxy) is 9. The number of rotatable bonds is 28. The number of benzene rings is 1. The lowest BCUT2D eigenvalue weighted by Crippen LogP contribution is -2.52. The van der Waals surface area contributed by atoms with Gasteiger partial charge in [0.05, 0.1) is 110 Å². The molecule has 1 aromatic carbocycles. The van der Waals surface area contributed by atoms with Crippen molar-refractivity contribution < 1.29 is 42.6 Å². The van der Waals surface area contributed by atoms with Gasteiger partial charge in [-0.15, -0.1) is 10.2 Å². The molecule has 1 N–H and O–H groups in total. The van der Waals surface area contributed by atoms with Crippen molar-refractivity contribution in [3.8, 4) is 28.8 Å². The SMILES string of the molecule is COCCOCCOCCOCCOCCOCCOc1nn([C@H]2CC[C@H](N3[C@@H]4CC[C@H]3COC4)CC2)cc1Nc1ncc(-c2ccc(C#N)c(O[C@@H](C)Cn3cnnn3)c2)cn1. The van der Waals surface area contributed by atoms with E-state index in [1.54, 1.807) is 30.3 Å². The van der Waals surface area contributed by atoms with E-state index in [1.165, 1.54) is 19.2 Å². The highest BCUT2D eigenvalue weighted by molar-refractivity contribution is 5.67. The fraction of sp³-hybridized carbons (Fsp3) is 0.651. The van der Waals surface area contributed by atoms with E-state index in [1.807, 2.05) is 29.9 Å². The summed E-state index contributed by atoms with van der Waals surface area (Å²) in [5.41, 5.74) is 2.66. The molecule has 20 nitrogen and oxygen atoms in total. The molecule has 5 heterocycles. The van der Waals surface area contributed by atoms with Gasteiger partial charge >= 0.3 is 0 Å². The summed E-state index contributed by atoms with van der Waals surface area (Å²) in [5.74, 6) is 1.30. The molecule has 3 fully saturated rings. The lowest BCUT2D eigenvalue weighted by molar-refractivity contribution is -0.0458. The van der Waals surface area contributed by atoms with Gasteiger partial charge in [0.15, 0.2) is 0 Å². The first kappa shape index (κ1) is 46.2. The molecule has 7 rings (SSSR count). The van der Waals surface area contributed by atoms with Crippen LogP contribution >= 0.6 is 0 Å². The van der Waals surface area contributed by atoms with Crippen molar-refractivity contribution in [3.63, 3.8) is 0 Å². The van der Waals surface area contributed by atoms with Gasteiger partial charge in [-0.25, -0.2) is 14.6 Å². The van der Waals surface area contributed by atoms with Gasteiger partial charge < -0.3 is 47.9 Å². The standard InChI is InChI=1S/C43H61N11O9/c1-32(27-52-31-47-50-51-52)63-41-23-33(3-4-34(41)24-44)35-25-45-43(46-26-35)48-40-28-53(36-5-7-37(8-6-36)54-38-9-10-39(54)30-61-29-38)49-42(40)62-22-21-60-20-19-59-18-17-58-16-15-57-14-13-56-12-11-55-2/h3-4,23,25-26,28,31-32,36-39H,5-22,27,29-30H2,1-2H3,(H,45,46,48)/t32-,36-,37-,38-,39+/m0/s1. The first-order valence-corrected chi connectivity index (χ1v) is 22.0. The summed E-state index contributed by atoms with van der Waals surface area (Å²) in [4.78, 5) is 12.0. The molecule has 63 heavy (non-hydrogen) atoms. The summed E-state index contributed by atoms with van der Waals surface area (Å²) in [6.45, 7) is 9.72. The average molecular weight is 876 g/mol. The average Bonchev–Trinajstić information content (AvgIpc) is 4.03. The number of hydrogen-bond donors (Lipinski definition) is 1. The lowest BCUT2D eigenvalue weighted by Gasteiger charge is -2.43. The van der Waals surface area contributed by atoms with Crippen LogP contribution in [0.3, 0.4) is 0 Å². The first-order chi connectivity index (χ1) is 31.1. The van der Waals surface area contributed by atoms with Gasteiger partial charge in [0.25, 0.3) is 5.88 Å². The largest absolute Gasteiger partial charge is 0.487 e. The molecule has 4 aromatic rings. The number of nitriles is 1. The van der Waals surface area contributed by atoms with Gasteiger partial charge in [-0.3, -0.25) is 9.58 Å². The molecule has 3 atom stereocenters. The van der Waals surface area contributed by atoms with Gasteiger partial charge in [0.1, 0.15) is 36.5 Å². The third kappa shape index (κ3) is 13.8. The highest BCUT2D eigenvalue weighted by atomic mass is 16.6. The number of aromatic nitrogens is 8. The Morgan fingerprint density at radius 1 is 0.778 bits per heavy atom. The maximum Gasteiger partial charge on any atom is 0.257 e. The highest BCUT2D eigenvalue weighted by Gasteiger charge is 2.42. The van der Waals surface area contributed by atoms with Crippen LogP contribution in [0, 0.1) is 11.3 Å². The zero-order valence-corrected chi connectivity index (χ0v) is 36.4. The zero-order chi connectivity index (χ0) is 43.5. The minimum absolute atomic E-state index is 0.250. The molecule has 2 aliphatic heterocycles. The number of methoxy groups -OCH3 is 1. The van der Waals surface area contributed by atoms with Crippen LogP contribution in [0.5, 0.6) is 11.6 Å². The number of tetrazole rings is 1. The molecular formula is C43H61N11O9. The predicted octanol–water partition coefficient (Wildman–Crippen LogP) is 3.86. The first-order valence-electron chi connectivity index (χ1n) is 22.0. The maximum absolute atomic E-state index is 9.75. The van der Waals surface area contributed by atoms with E-state index in [0.29, 0.717) is 133 Å². The quantitative estimate of drug-likeness (QED) is 0.0803. The van der Waals surface area contributed by atoms with E-state index in [-0.39, 0.29) is 12.1 Å². The Morgan fingerprint density at radius 3 is 1.98 bits per heavy atom. The van der Waals surface area contributed by atoms with Crippen molar-refractivity contribution in [2.24, 2.45) is 0 Å². The predicted molar refractivity (Wildman–Crippen MR) is 228 cm³/mol. The Morgan fingerprint density at radius 2 is 1.38 bits per heavy atom. The molecule has 1 aliphatic carbocycles. The summed E-state index contributed by atoms with van der Waals surface area (Å²) >= 11 is 0. The molecule has 0 radical (unpaired) electrons. The summed E-state index contributed by atoms with van der Waals surface area (Å²) < 4.78 is 54.6. The van der Waals surface area contributed by atoms with Crippen molar-refractivity contribution >= 4 is 11.6 Å². The topological polar surface area (TPSA) is 209 Å². The minimum atomic E-state index is -0.289. The van der Waals surface area contributed by atoms with Gasteiger partial charge in [0.2, 0.25) is 5.95 Å². The van der Waals surface area contributed by atoms with E-state index in [9.17, 15) is 5.26 Å². The van der Waals surface area contributed by atoms with Crippen LogP contribution < -0.4 is 14.8 Å². The third-order valence-electron chi connectivity index (χ3n) is 11.3. The summed E-state index contributed by atoms with van der Waals surface area (Å²) in [7, 11) is 1.65. The van der Waals surface area contributed by atoms with Gasteiger partial charge in [-0.2, -0.15) is 5.26 Å². The number of morpholine rings is 1. The molecule has 20 heteroatoms. The molecule has 1 saturated carbocycles. The molecule has 3 aliphatic rings. The third-order valence-corrected chi connectivity index (χ3v) is 11.3. The Kier molecular flexibility index (Phi) is 18.2. The zero-order valence-electron chi connectivity index (χ0n) is 36.4. The normalized spacial score (nSPS) is 20.4. The smallest absolute Gasteiger partial charge is 0.257 e. The second kappa shape index (κ2) is 24.9. The maximum atomic E-state index is 9.75. The van der Waals surface area contributed by atoms with Crippen LogP contribution in [-0.4, -0.2) is 169 Å². The van der Waals surface area contributed by atoms with E-state index in [4.69, 9.17) is 47.7 Å². The van der Waals surface area contributed by atoms with Crippen LogP contribution in [0.2, 0.25) is 0 Å². The van der Waals surface area contributed by atoms with Crippen LogP contribution in [0.25, 0.3) is 11.1 Å². The molecule has 342 valence electrons. The van der Waals surface area contributed by atoms with Gasteiger partial charge in [-0.1, -0.05) is 6.07 Å². The van der Waals surface area contributed by atoms with Crippen molar-refractivity contribution in [2.45, 2.75) is 82.3 Å². The summed E-state index contributed by atoms with van der Waals surface area (Å²) in [6, 6.07) is 9.57. The molecule has 0 amide bonds. The van der Waals surface area contributed by atoms with Crippen LogP contribution in [0.4, 0.5) is 11.6 Å². The van der Waals surface area contributed by atoms with Crippen LogP contribution in [0.1, 0.15) is 57.1 Å². The summed E-state index contributed by atoms with van der Waals surface area (Å²) in [6.07, 6.45) is 13.5. The number of nitrogens with one attached hydrogen (secondary N) is 1. The number of hydrogen-bond acceptors (Lipinski definition) is 18. The van der Waals surface area contributed by atoms with Crippen molar-refractivity contribution in [3.05, 3.63) is 48.7 Å². The molecular weight excluding hydrogens is 815 g/mol. The van der Waals surface area contributed by atoms with Crippen molar-refractivity contribution in [2.75, 3.05) is 105 Å². The number of nitrogens with zero attached hydrogens (tertiary/aromatic N) is 10. The van der Waals surface area contributed by atoms with E-state index < -0.39 is 0 Å². The summed E-state index contributed by atoms with van der Waals surface area (Å²) in [5, 5.41) is 29.3. The van der Waals surface area contributed by atoms with E-state index >= 15 is 0 Å². The number of anilines is 2. The van der Waals surface area contributed by atoms with Crippen molar-refractivity contribution in [1.29, 1.82) is 5.26 Å². The van der Waals surface area contributed by atoms with Crippen LogP contribution in [0.15, 0.2) is 43.1 Å². The van der Waals surface area contributed by atoms with E-state index in [2.05, 4.69) is 41.8 Å². The Labute approximate surface area is 368 Å². The second-order valence-electron chi connectivity index (χ2n) is 15.8. The van der Waals surface area contributed by atoms with Crippen LogP contribution in [-0.2, 0) is 39.7 Å². The molecule has 0 unspecified atom stereocenters. The minimum Gasteiger partial charge on any atom is -0.487 e. The molecule has 3 aromatic heterocycles. The molecule has 2 saturated heterocycles. The Hall–Kier alpha value is -4.85.